The van der Waals surface area contributed by atoms with Gasteiger partial charge in [-0.1, -0.05) is 30.3 Å². The molecular formula is C11H14O3. The average molecular weight is 194 g/mol. The molecule has 2 atom stereocenters. The first-order chi connectivity index (χ1) is 6.61. The lowest BCUT2D eigenvalue weighted by molar-refractivity contribution is -0.145. The van der Waals surface area contributed by atoms with Gasteiger partial charge < -0.3 is 10.2 Å². The van der Waals surface area contributed by atoms with Crippen LogP contribution in [0.2, 0.25) is 0 Å². The zero-order chi connectivity index (χ0) is 10.6. The predicted octanol–water partition coefficient (Wildman–Crippen LogP) is 1.31. The summed E-state index contributed by atoms with van der Waals surface area (Å²) in [5.74, 6) is -1.68. The molecule has 0 aliphatic heterocycles. The second-order valence-electron chi connectivity index (χ2n) is 3.38. The second kappa shape index (κ2) is 4.77. The Balaban J connectivity index is 2.70. The SMILES string of the molecule is CC(O)C(Cc1ccccc1)C(=O)O. The third-order valence-corrected chi connectivity index (χ3v) is 2.20. The third-order valence-electron chi connectivity index (χ3n) is 2.20. The van der Waals surface area contributed by atoms with Crippen LogP contribution in [0.25, 0.3) is 0 Å². The molecule has 0 aliphatic rings. The number of hydrogen-bond donors (Lipinski definition) is 2. The van der Waals surface area contributed by atoms with Crippen molar-refractivity contribution in [3.8, 4) is 0 Å². The molecule has 2 N–H and O–H groups in total. The minimum atomic E-state index is -0.955. The van der Waals surface area contributed by atoms with Crippen LogP contribution in [0, 0.1) is 5.92 Å². The lowest BCUT2D eigenvalue weighted by atomic mass is 9.95. The largest absolute Gasteiger partial charge is 0.481 e. The highest BCUT2D eigenvalue weighted by atomic mass is 16.4. The summed E-state index contributed by atoms with van der Waals surface area (Å²) in [4.78, 5) is 10.8. The monoisotopic (exact) mass is 194 g/mol. The van der Waals surface area contributed by atoms with Gasteiger partial charge in [-0.3, -0.25) is 4.79 Å². The molecule has 1 aromatic carbocycles. The van der Waals surface area contributed by atoms with Crippen LogP contribution >= 0.6 is 0 Å². The number of aliphatic hydroxyl groups excluding tert-OH is 1. The molecule has 0 heterocycles. The molecule has 1 aromatic rings. The summed E-state index contributed by atoms with van der Waals surface area (Å²) in [6.07, 6.45) is -0.457. The van der Waals surface area contributed by atoms with E-state index < -0.39 is 18.0 Å². The lowest BCUT2D eigenvalue weighted by Gasteiger charge is -2.14. The first-order valence-electron chi connectivity index (χ1n) is 4.56. The van der Waals surface area contributed by atoms with E-state index in [1.54, 1.807) is 0 Å². The fourth-order valence-corrected chi connectivity index (χ4v) is 1.33. The van der Waals surface area contributed by atoms with Crippen molar-refractivity contribution in [1.29, 1.82) is 0 Å². The highest BCUT2D eigenvalue weighted by Crippen LogP contribution is 2.12. The van der Waals surface area contributed by atoms with Crippen LogP contribution in [0.3, 0.4) is 0 Å². The number of carboxylic acid groups (broad SMARTS) is 1. The van der Waals surface area contributed by atoms with Crippen molar-refractivity contribution in [2.24, 2.45) is 5.92 Å². The fourth-order valence-electron chi connectivity index (χ4n) is 1.33. The molecule has 0 saturated carbocycles. The van der Waals surface area contributed by atoms with E-state index in [2.05, 4.69) is 0 Å². The van der Waals surface area contributed by atoms with Crippen molar-refractivity contribution >= 4 is 5.97 Å². The summed E-state index contributed by atoms with van der Waals surface area (Å²) in [6, 6.07) is 9.31. The van der Waals surface area contributed by atoms with Gasteiger partial charge in [-0.05, 0) is 18.9 Å². The molecule has 0 saturated heterocycles. The third kappa shape index (κ3) is 2.85. The molecule has 0 aromatic heterocycles. The number of aliphatic carboxylic acids is 1. The molecule has 0 spiro atoms. The summed E-state index contributed by atoms with van der Waals surface area (Å²) < 4.78 is 0. The van der Waals surface area contributed by atoms with E-state index in [1.165, 1.54) is 6.92 Å². The van der Waals surface area contributed by atoms with Crippen molar-refractivity contribution in [2.45, 2.75) is 19.4 Å². The van der Waals surface area contributed by atoms with Gasteiger partial charge in [-0.15, -0.1) is 0 Å². The zero-order valence-corrected chi connectivity index (χ0v) is 8.05. The maximum Gasteiger partial charge on any atom is 0.309 e. The minimum absolute atomic E-state index is 0.369. The van der Waals surface area contributed by atoms with E-state index in [0.29, 0.717) is 6.42 Å². The Morgan fingerprint density at radius 3 is 2.36 bits per heavy atom. The van der Waals surface area contributed by atoms with Gasteiger partial charge in [0, 0.05) is 0 Å². The molecular weight excluding hydrogens is 180 g/mol. The Morgan fingerprint density at radius 2 is 1.93 bits per heavy atom. The van der Waals surface area contributed by atoms with Crippen molar-refractivity contribution in [2.75, 3.05) is 0 Å². The molecule has 0 bridgehead atoms. The maximum atomic E-state index is 10.8. The highest BCUT2D eigenvalue weighted by Gasteiger charge is 2.22. The van der Waals surface area contributed by atoms with Crippen molar-refractivity contribution < 1.29 is 15.0 Å². The number of hydrogen-bond acceptors (Lipinski definition) is 2. The molecule has 0 radical (unpaired) electrons. The second-order valence-corrected chi connectivity index (χ2v) is 3.38. The number of carboxylic acids is 1. The summed E-state index contributed by atoms with van der Waals surface area (Å²) in [6.45, 7) is 1.50. The van der Waals surface area contributed by atoms with Gasteiger partial charge in [-0.25, -0.2) is 0 Å². The van der Waals surface area contributed by atoms with Gasteiger partial charge in [0.1, 0.15) is 0 Å². The Kier molecular flexibility index (Phi) is 3.65. The lowest BCUT2D eigenvalue weighted by Crippen LogP contribution is -2.27. The molecule has 3 heteroatoms. The van der Waals surface area contributed by atoms with Crippen LogP contribution in [0.4, 0.5) is 0 Å². The van der Waals surface area contributed by atoms with Gasteiger partial charge in [-0.2, -0.15) is 0 Å². The quantitative estimate of drug-likeness (QED) is 0.759. The van der Waals surface area contributed by atoms with E-state index in [0.717, 1.165) is 5.56 Å². The number of aliphatic hydroxyl groups is 1. The van der Waals surface area contributed by atoms with E-state index >= 15 is 0 Å². The van der Waals surface area contributed by atoms with Gasteiger partial charge >= 0.3 is 5.97 Å². The van der Waals surface area contributed by atoms with Crippen molar-refractivity contribution in [3.05, 3.63) is 35.9 Å². The molecule has 14 heavy (non-hydrogen) atoms. The van der Waals surface area contributed by atoms with Crippen LogP contribution in [0.5, 0.6) is 0 Å². The molecule has 2 unspecified atom stereocenters. The minimum Gasteiger partial charge on any atom is -0.481 e. The smallest absolute Gasteiger partial charge is 0.309 e. The van der Waals surface area contributed by atoms with E-state index in [1.807, 2.05) is 30.3 Å². The summed E-state index contributed by atoms with van der Waals surface area (Å²) in [5.41, 5.74) is 0.931. The van der Waals surface area contributed by atoms with Crippen molar-refractivity contribution in [3.63, 3.8) is 0 Å². The van der Waals surface area contributed by atoms with Crippen LogP contribution in [0.15, 0.2) is 30.3 Å². The number of benzene rings is 1. The van der Waals surface area contributed by atoms with Crippen molar-refractivity contribution in [1.82, 2.24) is 0 Å². The Labute approximate surface area is 83.0 Å². The fraction of sp³-hybridized carbons (Fsp3) is 0.364. The molecule has 0 amide bonds. The summed E-state index contributed by atoms with van der Waals surface area (Å²) in [5, 5.41) is 18.1. The first-order valence-corrected chi connectivity index (χ1v) is 4.56. The normalized spacial score (nSPS) is 14.7. The summed E-state index contributed by atoms with van der Waals surface area (Å²) in [7, 11) is 0. The van der Waals surface area contributed by atoms with Gasteiger partial charge in [0.25, 0.3) is 0 Å². The van der Waals surface area contributed by atoms with E-state index in [9.17, 15) is 9.90 Å². The average Bonchev–Trinajstić information content (AvgIpc) is 2.15. The molecule has 76 valence electrons. The van der Waals surface area contributed by atoms with Crippen LogP contribution in [0.1, 0.15) is 12.5 Å². The Morgan fingerprint density at radius 1 is 1.36 bits per heavy atom. The number of carbonyl (C=O) groups is 1. The summed E-state index contributed by atoms with van der Waals surface area (Å²) >= 11 is 0. The van der Waals surface area contributed by atoms with E-state index in [-0.39, 0.29) is 0 Å². The van der Waals surface area contributed by atoms with Crippen LogP contribution < -0.4 is 0 Å². The Bertz CT molecular complexity index is 293. The maximum absolute atomic E-state index is 10.8. The Hall–Kier alpha value is -1.35. The van der Waals surface area contributed by atoms with Crippen LogP contribution in [-0.2, 0) is 11.2 Å². The van der Waals surface area contributed by atoms with Gasteiger partial charge in [0.2, 0.25) is 0 Å². The first kappa shape index (κ1) is 10.7. The predicted molar refractivity (Wildman–Crippen MR) is 53.0 cm³/mol. The topological polar surface area (TPSA) is 57.5 Å². The number of rotatable bonds is 4. The molecule has 0 aliphatic carbocycles. The van der Waals surface area contributed by atoms with Gasteiger partial charge in [0.15, 0.2) is 0 Å². The van der Waals surface area contributed by atoms with E-state index in [4.69, 9.17) is 5.11 Å². The highest BCUT2D eigenvalue weighted by molar-refractivity contribution is 5.71. The standard InChI is InChI=1S/C11H14O3/c1-8(12)10(11(13)14)7-9-5-3-2-4-6-9/h2-6,8,10,12H,7H2,1H3,(H,13,14). The van der Waals surface area contributed by atoms with Gasteiger partial charge in [0.05, 0.1) is 12.0 Å². The van der Waals surface area contributed by atoms with Crippen LogP contribution in [-0.4, -0.2) is 22.3 Å². The molecule has 1 rings (SSSR count). The zero-order valence-electron chi connectivity index (χ0n) is 8.05. The molecule has 3 nitrogen and oxygen atoms in total. The molecule has 0 fully saturated rings.